The average Bonchev–Trinajstić information content (AvgIpc) is 2.82. The minimum absolute atomic E-state index is 0.0188. The molecule has 0 aliphatic carbocycles. The maximum absolute atomic E-state index is 11.8. The SMILES string of the molecule is C/C=C(\C=C/CC)Oc1nc(Nc2cccc(C(=O)OC)c2)nc(Oc2ccccc2Cl)n1. The molecular formula is C24H23ClN4O4. The van der Waals surface area contributed by atoms with E-state index in [1.54, 1.807) is 54.6 Å². The van der Waals surface area contributed by atoms with Crippen LogP contribution in [0, 0.1) is 0 Å². The zero-order valence-corrected chi connectivity index (χ0v) is 19.2. The van der Waals surface area contributed by atoms with Gasteiger partial charge in [0.05, 0.1) is 17.7 Å². The number of allylic oxidation sites excluding steroid dienone is 3. The molecule has 0 aliphatic heterocycles. The Balaban J connectivity index is 1.95. The number of benzene rings is 2. The summed E-state index contributed by atoms with van der Waals surface area (Å²) in [5.41, 5.74) is 0.942. The molecule has 0 atom stereocenters. The van der Waals surface area contributed by atoms with Crippen LogP contribution in [0.2, 0.25) is 5.02 Å². The number of carbonyl (C=O) groups excluding carboxylic acids is 1. The number of carbonyl (C=O) groups is 1. The van der Waals surface area contributed by atoms with Crippen LogP contribution < -0.4 is 14.8 Å². The molecule has 1 aromatic heterocycles. The standard InChI is InChI=1S/C24H23ClN4O4/c1-4-6-12-18(5-2)32-23-27-22(26-17-11-9-10-16(15-17)21(30)31-3)28-24(29-23)33-20-14-8-7-13-19(20)25/h5-15H,4H2,1-3H3,(H,26,27,28,29)/b12-6-,18-5+. The van der Waals surface area contributed by atoms with E-state index in [0.29, 0.717) is 27.8 Å². The van der Waals surface area contributed by atoms with Crippen molar-refractivity contribution < 1.29 is 19.0 Å². The Hall–Kier alpha value is -3.91. The Bertz CT molecular complexity index is 1180. The lowest BCUT2D eigenvalue weighted by Crippen LogP contribution is -2.06. The Morgan fingerprint density at radius 3 is 2.61 bits per heavy atom. The number of hydrogen-bond donors (Lipinski definition) is 1. The largest absolute Gasteiger partial charge is 0.465 e. The van der Waals surface area contributed by atoms with Gasteiger partial charge in [-0.25, -0.2) is 4.79 Å². The lowest BCUT2D eigenvalue weighted by molar-refractivity contribution is 0.0600. The van der Waals surface area contributed by atoms with Gasteiger partial charge >= 0.3 is 18.0 Å². The number of halogens is 1. The Kier molecular flexibility index (Phi) is 8.37. The third kappa shape index (κ3) is 6.78. The molecule has 9 heteroatoms. The maximum Gasteiger partial charge on any atom is 0.337 e. The third-order valence-corrected chi connectivity index (χ3v) is 4.50. The van der Waals surface area contributed by atoms with Crippen molar-refractivity contribution in [2.75, 3.05) is 12.4 Å². The maximum atomic E-state index is 11.8. The highest BCUT2D eigenvalue weighted by Gasteiger charge is 2.13. The van der Waals surface area contributed by atoms with Crippen LogP contribution in [0.1, 0.15) is 30.6 Å². The van der Waals surface area contributed by atoms with E-state index in [1.807, 2.05) is 26.0 Å². The van der Waals surface area contributed by atoms with Gasteiger partial charge in [0.1, 0.15) is 11.5 Å². The number of para-hydroxylation sites is 1. The second-order valence-corrected chi connectivity index (χ2v) is 6.96. The van der Waals surface area contributed by atoms with Crippen molar-refractivity contribution in [1.82, 2.24) is 15.0 Å². The molecule has 33 heavy (non-hydrogen) atoms. The van der Waals surface area contributed by atoms with Crippen molar-refractivity contribution in [2.24, 2.45) is 0 Å². The molecule has 0 bridgehead atoms. The molecule has 0 aliphatic rings. The monoisotopic (exact) mass is 466 g/mol. The minimum Gasteiger partial charge on any atom is -0.465 e. The van der Waals surface area contributed by atoms with Crippen LogP contribution in [0.3, 0.4) is 0 Å². The van der Waals surface area contributed by atoms with Crippen molar-refractivity contribution >= 4 is 29.2 Å². The smallest absolute Gasteiger partial charge is 0.337 e. The van der Waals surface area contributed by atoms with Crippen LogP contribution in [-0.2, 0) is 4.74 Å². The van der Waals surface area contributed by atoms with Crippen LogP contribution in [0.5, 0.6) is 17.8 Å². The van der Waals surface area contributed by atoms with Crippen LogP contribution in [0.15, 0.2) is 72.5 Å². The van der Waals surface area contributed by atoms with Crippen LogP contribution >= 0.6 is 11.6 Å². The molecule has 3 rings (SSSR count). The van der Waals surface area contributed by atoms with Gasteiger partial charge in [-0.2, -0.15) is 9.97 Å². The number of nitrogens with zero attached hydrogens (tertiary/aromatic N) is 3. The zero-order chi connectivity index (χ0) is 23.6. The van der Waals surface area contributed by atoms with E-state index in [9.17, 15) is 4.79 Å². The third-order valence-electron chi connectivity index (χ3n) is 4.18. The number of hydrogen-bond acceptors (Lipinski definition) is 8. The summed E-state index contributed by atoms with van der Waals surface area (Å²) in [5, 5.41) is 3.44. The zero-order valence-electron chi connectivity index (χ0n) is 18.4. The van der Waals surface area contributed by atoms with Crippen LogP contribution in [-0.4, -0.2) is 28.0 Å². The summed E-state index contributed by atoms with van der Waals surface area (Å²) in [6.45, 7) is 3.86. The van der Waals surface area contributed by atoms with Crippen molar-refractivity contribution in [1.29, 1.82) is 0 Å². The summed E-state index contributed by atoms with van der Waals surface area (Å²) in [6.07, 6.45) is 6.42. The van der Waals surface area contributed by atoms with Crippen molar-refractivity contribution in [2.45, 2.75) is 20.3 Å². The first kappa shape index (κ1) is 23.7. The second kappa shape index (κ2) is 11.6. The van der Waals surface area contributed by atoms with E-state index in [0.717, 1.165) is 6.42 Å². The first-order valence-corrected chi connectivity index (χ1v) is 10.5. The molecule has 1 heterocycles. The van der Waals surface area contributed by atoms with Gasteiger partial charge in [0, 0.05) is 5.69 Å². The average molecular weight is 467 g/mol. The molecule has 0 spiro atoms. The van der Waals surface area contributed by atoms with E-state index in [4.69, 9.17) is 25.8 Å². The molecule has 170 valence electrons. The van der Waals surface area contributed by atoms with E-state index in [-0.39, 0.29) is 18.0 Å². The van der Waals surface area contributed by atoms with Crippen molar-refractivity contribution in [3.8, 4) is 17.8 Å². The fraction of sp³-hybridized carbons (Fsp3) is 0.167. The number of esters is 1. The Morgan fingerprint density at radius 1 is 1.09 bits per heavy atom. The molecule has 8 nitrogen and oxygen atoms in total. The second-order valence-electron chi connectivity index (χ2n) is 6.56. The van der Waals surface area contributed by atoms with Gasteiger partial charge in [0.2, 0.25) is 5.95 Å². The normalized spacial score (nSPS) is 11.3. The lowest BCUT2D eigenvalue weighted by Gasteiger charge is -2.11. The summed E-state index contributed by atoms with van der Waals surface area (Å²) >= 11 is 6.20. The van der Waals surface area contributed by atoms with Crippen LogP contribution in [0.25, 0.3) is 0 Å². The molecule has 0 fully saturated rings. The molecule has 2 aromatic carbocycles. The van der Waals surface area contributed by atoms with Gasteiger partial charge in [-0.1, -0.05) is 42.8 Å². The molecule has 0 unspecified atom stereocenters. The highest BCUT2D eigenvalue weighted by atomic mass is 35.5. The fourth-order valence-electron chi connectivity index (χ4n) is 2.61. The molecule has 1 N–H and O–H groups in total. The fourth-order valence-corrected chi connectivity index (χ4v) is 2.78. The number of anilines is 2. The van der Waals surface area contributed by atoms with E-state index >= 15 is 0 Å². The van der Waals surface area contributed by atoms with Gasteiger partial charge in [0.25, 0.3) is 0 Å². The van der Waals surface area contributed by atoms with Gasteiger partial charge < -0.3 is 19.5 Å². The number of methoxy groups -OCH3 is 1. The van der Waals surface area contributed by atoms with Crippen LogP contribution in [0.4, 0.5) is 11.6 Å². The summed E-state index contributed by atoms with van der Waals surface area (Å²) in [4.78, 5) is 24.7. The summed E-state index contributed by atoms with van der Waals surface area (Å²) < 4.78 is 16.4. The van der Waals surface area contributed by atoms with Crippen molar-refractivity contribution in [3.05, 3.63) is 83.1 Å². The summed E-state index contributed by atoms with van der Waals surface area (Å²) in [6, 6.07) is 13.7. The predicted octanol–water partition coefficient (Wildman–Crippen LogP) is 6.10. The van der Waals surface area contributed by atoms with E-state index in [1.165, 1.54) is 7.11 Å². The lowest BCUT2D eigenvalue weighted by atomic mass is 10.2. The number of rotatable bonds is 9. The highest BCUT2D eigenvalue weighted by molar-refractivity contribution is 6.32. The first-order chi connectivity index (χ1) is 16.0. The van der Waals surface area contributed by atoms with Gasteiger partial charge in [-0.15, -0.1) is 4.98 Å². The minimum atomic E-state index is -0.457. The Morgan fingerprint density at radius 2 is 1.88 bits per heavy atom. The predicted molar refractivity (Wildman–Crippen MR) is 126 cm³/mol. The van der Waals surface area contributed by atoms with Gasteiger partial charge in [-0.05, 0) is 55.8 Å². The summed E-state index contributed by atoms with van der Waals surface area (Å²) in [7, 11) is 1.32. The molecule has 3 aromatic rings. The van der Waals surface area contributed by atoms with E-state index in [2.05, 4.69) is 20.3 Å². The number of aromatic nitrogens is 3. The van der Waals surface area contributed by atoms with Gasteiger partial charge in [-0.3, -0.25) is 0 Å². The van der Waals surface area contributed by atoms with Crippen molar-refractivity contribution in [3.63, 3.8) is 0 Å². The molecule has 0 saturated carbocycles. The van der Waals surface area contributed by atoms with Gasteiger partial charge in [0.15, 0.2) is 0 Å². The topological polar surface area (TPSA) is 95.5 Å². The number of nitrogens with one attached hydrogen (secondary N) is 1. The van der Waals surface area contributed by atoms with E-state index < -0.39 is 5.97 Å². The highest BCUT2D eigenvalue weighted by Crippen LogP contribution is 2.29. The molecule has 0 saturated heterocycles. The quantitative estimate of drug-likeness (QED) is 0.230. The number of ether oxygens (including phenoxy) is 3. The first-order valence-electron chi connectivity index (χ1n) is 10.2. The molecule has 0 amide bonds. The molecule has 0 radical (unpaired) electrons. The Labute approximate surface area is 196 Å². The molecular weight excluding hydrogens is 444 g/mol. The summed E-state index contributed by atoms with van der Waals surface area (Å²) in [5.74, 6) is 0.637.